The minimum Gasteiger partial charge on any atom is -0.382 e. The van der Waals surface area contributed by atoms with Crippen molar-refractivity contribution in [1.29, 1.82) is 0 Å². The first-order valence-electron chi connectivity index (χ1n) is 10.5. The minimum atomic E-state index is -3.77. The summed E-state index contributed by atoms with van der Waals surface area (Å²) in [7, 11) is -3.77. The van der Waals surface area contributed by atoms with Crippen LogP contribution in [0.25, 0.3) is 10.8 Å². The van der Waals surface area contributed by atoms with Crippen LogP contribution in [0.3, 0.4) is 0 Å². The molecule has 5 nitrogen and oxygen atoms in total. The Labute approximate surface area is 187 Å². The Bertz CT molecular complexity index is 1330. The van der Waals surface area contributed by atoms with Crippen molar-refractivity contribution in [2.24, 2.45) is 0 Å². The van der Waals surface area contributed by atoms with Gasteiger partial charge in [0.05, 0.1) is 12.3 Å². The van der Waals surface area contributed by atoms with Gasteiger partial charge in [-0.15, -0.1) is 0 Å². The zero-order chi connectivity index (χ0) is 23.3. The zero-order valence-electron chi connectivity index (χ0n) is 18.5. The lowest BCUT2D eigenvalue weighted by atomic mass is 9.95. The number of carbonyl (C=O) groups excluding carboxylic acids is 1. The van der Waals surface area contributed by atoms with Crippen LogP contribution in [0.4, 0.5) is 4.39 Å². The van der Waals surface area contributed by atoms with Gasteiger partial charge in [0.15, 0.2) is 0 Å². The summed E-state index contributed by atoms with van der Waals surface area (Å²) in [4.78, 5) is 12.8. The van der Waals surface area contributed by atoms with Gasteiger partial charge in [0.2, 0.25) is 0 Å². The van der Waals surface area contributed by atoms with Crippen molar-refractivity contribution in [2.45, 2.75) is 45.1 Å². The summed E-state index contributed by atoms with van der Waals surface area (Å²) in [6, 6.07) is 13.8. The van der Waals surface area contributed by atoms with Crippen molar-refractivity contribution < 1.29 is 21.8 Å². The highest BCUT2D eigenvalue weighted by Gasteiger charge is 2.38. The van der Waals surface area contributed by atoms with E-state index in [0.717, 1.165) is 23.1 Å². The molecule has 7 heteroatoms. The van der Waals surface area contributed by atoms with E-state index < -0.39 is 22.0 Å². The lowest BCUT2D eigenvalue weighted by Crippen LogP contribution is -2.27. The van der Waals surface area contributed by atoms with E-state index in [9.17, 15) is 17.6 Å². The molecule has 4 rings (SSSR count). The molecule has 1 amide bonds. The van der Waals surface area contributed by atoms with Crippen LogP contribution in [0, 0.1) is 12.7 Å². The normalized spacial score (nSPS) is 15.9. The first-order valence-corrected chi connectivity index (χ1v) is 12.3. The van der Waals surface area contributed by atoms with Crippen molar-refractivity contribution in [3.05, 3.63) is 76.6 Å². The third kappa shape index (κ3) is 4.63. The maximum atomic E-state index is 14.6. The molecule has 32 heavy (non-hydrogen) atoms. The van der Waals surface area contributed by atoms with Crippen LogP contribution in [-0.2, 0) is 15.5 Å². The molecule has 1 aliphatic carbocycles. The van der Waals surface area contributed by atoms with Gasteiger partial charge in [-0.25, -0.2) is 4.39 Å². The molecule has 0 bridgehead atoms. The Morgan fingerprint density at radius 3 is 2.41 bits per heavy atom. The van der Waals surface area contributed by atoms with Crippen molar-refractivity contribution in [2.75, 3.05) is 6.26 Å². The summed E-state index contributed by atoms with van der Waals surface area (Å²) in [6.07, 6.45) is 3.31. The van der Waals surface area contributed by atoms with Crippen LogP contribution in [0.5, 0.6) is 5.75 Å². The van der Waals surface area contributed by atoms with Crippen LogP contribution < -0.4 is 9.50 Å². The van der Waals surface area contributed by atoms with Crippen LogP contribution in [-0.4, -0.2) is 20.6 Å². The number of hydrogen-bond acceptors (Lipinski definition) is 4. The highest BCUT2D eigenvalue weighted by atomic mass is 32.2. The monoisotopic (exact) mass is 455 g/mol. The van der Waals surface area contributed by atoms with Gasteiger partial charge in [0, 0.05) is 17.2 Å². The first kappa shape index (κ1) is 22.3. The van der Waals surface area contributed by atoms with Gasteiger partial charge in [0.25, 0.3) is 5.91 Å². The molecule has 0 heterocycles. The molecule has 1 fully saturated rings. The zero-order valence-corrected chi connectivity index (χ0v) is 19.3. The van der Waals surface area contributed by atoms with Gasteiger partial charge in [-0.2, -0.15) is 8.42 Å². The fourth-order valence-electron chi connectivity index (χ4n) is 3.87. The van der Waals surface area contributed by atoms with E-state index in [1.165, 1.54) is 24.5 Å². The summed E-state index contributed by atoms with van der Waals surface area (Å²) < 4.78 is 42.1. The summed E-state index contributed by atoms with van der Waals surface area (Å²) in [5.74, 6) is -1.03. The average molecular weight is 456 g/mol. The molecule has 1 N–H and O–H groups in total. The molecule has 0 aromatic heterocycles. The number of rotatable bonds is 6. The minimum absolute atomic E-state index is 0.0683. The highest BCUT2D eigenvalue weighted by Crippen LogP contribution is 2.48. The van der Waals surface area contributed by atoms with Crippen molar-refractivity contribution >= 4 is 26.8 Å². The summed E-state index contributed by atoms with van der Waals surface area (Å²) in [5.41, 5.74) is 2.80. The van der Waals surface area contributed by atoms with Crippen molar-refractivity contribution in [1.82, 2.24) is 5.32 Å². The average Bonchev–Trinajstić information content (AvgIpc) is 3.47. The van der Waals surface area contributed by atoms with Crippen molar-refractivity contribution in [3.8, 4) is 5.75 Å². The molecule has 1 aliphatic rings. The number of nitrogens with one attached hydrogen (secondary N) is 1. The molecular weight excluding hydrogens is 429 g/mol. The smallest absolute Gasteiger partial charge is 0.306 e. The molecular formula is C25H26FNO4S. The van der Waals surface area contributed by atoms with Gasteiger partial charge in [0.1, 0.15) is 11.6 Å². The fraction of sp³-hybridized carbons (Fsp3) is 0.320. The van der Waals surface area contributed by atoms with E-state index in [-0.39, 0.29) is 22.6 Å². The molecule has 3 aromatic carbocycles. The predicted molar refractivity (Wildman–Crippen MR) is 123 cm³/mol. The summed E-state index contributed by atoms with van der Waals surface area (Å²) >= 11 is 0. The SMILES string of the molecule is Cc1cc([C@@H](C)NC(=O)c2ccc3cc(C4(C)CC4)ccc3c2)c(F)cc1OS(C)(=O)=O. The molecule has 0 saturated heterocycles. The van der Waals surface area contributed by atoms with Gasteiger partial charge < -0.3 is 9.50 Å². The third-order valence-electron chi connectivity index (χ3n) is 6.15. The van der Waals surface area contributed by atoms with Crippen LogP contribution in [0.1, 0.15) is 59.8 Å². The number of amides is 1. The molecule has 0 radical (unpaired) electrons. The number of hydrogen-bond donors (Lipinski definition) is 1. The van der Waals surface area contributed by atoms with Gasteiger partial charge in [-0.1, -0.05) is 31.2 Å². The van der Waals surface area contributed by atoms with E-state index in [4.69, 9.17) is 4.18 Å². The largest absolute Gasteiger partial charge is 0.382 e. The Balaban J connectivity index is 1.53. The molecule has 0 aliphatic heterocycles. The third-order valence-corrected chi connectivity index (χ3v) is 6.63. The number of halogens is 1. The van der Waals surface area contributed by atoms with Crippen LogP contribution in [0.2, 0.25) is 0 Å². The molecule has 1 atom stereocenters. The molecule has 0 unspecified atom stereocenters. The van der Waals surface area contributed by atoms with E-state index >= 15 is 0 Å². The van der Waals surface area contributed by atoms with Gasteiger partial charge in [-0.3, -0.25) is 4.79 Å². The molecule has 0 spiro atoms. The second-order valence-corrected chi connectivity index (χ2v) is 10.5. The first-order chi connectivity index (χ1) is 14.9. The Morgan fingerprint density at radius 1 is 1.09 bits per heavy atom. The van der Waals surface area contributed by atoms with Crippen LogP contribution >= 0.6 is 0 Å². The van der Waals surface area contributed by atoms with E-state index in [2.05, 4.69) is 24.4 Å². The van der Waals surface area contributed by atoms with Crippen molar-refractivity contribution in [3.63, 3.8) is 0 Å². The maximum Gasteiger partial charge on any atom is 0.306 e. The second kappa shape index (κ2) is 7.89. The topological polar surface area (TPSA) is 72.5 Å². The molecule has 3 aromatic rings. The lowest BCUT2D eigenvalue weighted by Gasteiger charge is -2.17. The second-order valence-electron chi connectivity index (χ2n) is 8.96. The van der Waals surface area contributed by atoms with E-state index in [1.807, 2.05) is 18.2 Å². The predicted octanol–water partition coefficient (Wildman–Crippen LogP) is 5.17. The van der Waals surface area contributed by atoms with E-state index in [0.29, 0.717) is 11.1 Å². The number of aryl methyl sites for hydroxylation is 1. The lowest BCUT2D eigenvalue weighted by molar-refractivity contribution is 0.0939. The quantitative estimate of drug-likeness (QED) is 0.521. The number of benzene rings is 3. The Kier molecular flexibility index (Phi) is 5.49. The summed E-state index contributed by atoms with van der Waals surface area (Å²) in [6.45, 7) is 5.56. The number of fused-ring (bicyclic) bond motifs is 1. The van der Waals surface area contributed by atoms with Crippen LogP contribution in [0.15, 0.2) is 48.5 Å². The van der Waals surface area contributed by atoms with E-state index in [1.54, 1.807) is 19.9 Å². The standard InChI is InChI=1S/C25H26FNO4S/c1-15-11-21(22(26)14-23(15)31-32(4,29)30)16(2)27-24(28)19-6-5-18-13-20(25(3)9-10-25)8-7-17(18)12-19/h5-8,11-14,16H,9-10H2,1-4H3,(H,27,28)/t16-/m1/s1. The fourth-order valence-corrected chi connectivity index (χ4v) is 4.37. The maximum absolute atomic E-state index is 14.6. The van der Waals surface area contributed by atoms with Gasteiger partial charge in [-0.05, 0) is 72.2 Å². The van der Waals surface area contributed by atoms with Gasteiger partial charge >= 0.3 is 10.1 Å². The Hall–Kier alpha value is -2.93. The Morgan fingerprint density at radius 2 is 1.75 bits per heavy atom. The molecule has 1 saturated carbocycles. The number of carbonyl (C=O) groups is 1. The molecule has 168 valence electrons. The highest BCUT2D eigenvalue weighted by molar-refractivity contribution is 7.86. The summed E-state index contributed by atoms with van der Waals surface area (Å²) in [5, 5.41) is 4.88.